The van der Waals surface area contributed by atoms with Crippen LogP contribution in [0.4, 0.5) is 19.0 Å². The van der Waals surface area contributed by atoms with Gasteiger partial charge in [-0.3, -0.25) is 0 Å². The molecule has 0 amide bonds. The summed E-state index contributed by atoms with van der Waals surface area (Å²) in [4.78, 5) is 8.19. The minimum Gasteiger partial charge on any atom is -0.507 e. The first-order valence-electron chi connectivity index (χ1n) is 8.46. The van der Waals surface area contributed by atoms with Gasteiger partial charge in [-0.25, -0.2) is 9.97 Å². The molecular weight excluding hydrogens is 383 g/mol. The van der Waals surface area contributed by atoms with E-state index < -0.39 is 17.5 Å². The molecular formula is C20H16F3N5O. The zero-order chi connectivity index (χ0) is 21.2. The van der Waals surface area contributed by atoms with E-state index in [2.05, 4.69) is 15.3 Å². The number of halogens is 3. The smallest absolute Gasteiger partial charge is 0.416 e. The molecule has 3 rings (SSSR count). The van der Waals surface area contributed by atoms with Crippen molar-refractivity contribution in [1.29, 1.82) is 5.26 Å². The number of rotatable bonds is 4. The standard InChI is InChI=1S/C20H16F3N5O/c1-26-10-11-2-4-12(5-3-11)17-15(9-24)18(25)28-19(27-17)14-8-13(20(21,22)23)6-7-16(14)29/h2-8,26,29H,10H2,1H3,(H2,25,27,28). The minimum atomic E-state index is -4.60. The Labute approximate surface area is 164 Å². The second kappa shape index (κ2) is 7.77. The second-order valence-electron chi connectivity index (χ2n) is 6.22. The van der Waals surface area contributed by atoms with Crippen molar-refractivity contribution < 1.29 is 18.3 Å². The highest BCUT2D eigenvalue weighted by Gasteiger charge is 2.31. The Morgan fingerprint density at radius 1 is 1.14 bits per heavy atom. The van der Waals surface area contributed by atoms with Crippen LogP contribution in [-0.2, 0) is 12.7 Å². The van der Waals surface area contributed by atoms with Gasteiger partial charge in [-0.15, -0.1) is 0 Å². The lowest BCUT2D eigenvalue weighted by molar-refractivity contribution is -0.137. The first-order valence-corrected chi connectivity index (χ1v) is 8.46. The summed E-state index contributed by atoms with van der Waals surface area (Å²) in [6.07, 6.45) is -4.60. The number of nitrogens with zero attached hydrogens (tertiary/aromatic N) is 3. The maximum atomic E-state index is 13.1. The molecule has 6 nitrogen and oxygen atoms in total. The van der Waals surface area contributed by atoms with Crippen LogP contribution in [0.2, 0.25) is 0 Å². The molecule has 0 radical (unpaired) electrons. The summed E-state index contributed by atoms with van der Waals surface area (Å²) < 4.78 is 39.2. The zero-order valence-corrected chi connectivity index (χ0v) is 15.2. The molecule has 29 heavy (non-hydrogen) atoms. The normalized spacial score (nSPS) is 11.3. The van der Waals surface area contributed by atoms with Gasteiger partial charge in [0.1, 0.15) is 23.2 Å². The van der Waals surface area contributed by atoms with Gasteiger partial charge in [0, 0.05) is 12.1 Å². The number of nitriles is 1. The first-order chi connectivity index (χ1) is 13.7. The third-order valence-electron chi connectivity index (χ3n) is 4.22. The monoisotopic (exact) mass is 399 g/mol. The number of nitrogens with two attached hydrogens (primary N) is 1. The first kappa shape index (κ1) is 20.1. The summed E-state index contributed by atoms with van der Waals surface area (Å²) in [5.41, 5.74) is 6.38. The molecule has 2 aromatic carbocycles. The summed E-state index contributed by atoms with van der Waals surface area (Å²) in [6, 6.07) is 11.5. The van der Waals surface area contributed by atoms with Crippen LogP contribution in [0.1, 0.15) is 16.7 Å². The maximum Gasteiger partial charge on any atom is 0.416 e. The second-order valence-corrected chi connectivity index (χ2v) is 6.22. The quantitative estimate of drug-likeness (QED) is 0.617. The molecule has 9 heteroatoms. The van der Waals surface area contributed by atoms with E-state index in [-0.39, 0.29) is 28.5 Å². The van der Waals surface area contributed by atoms with Crippen LogP contribution in [0.5, 0.6) is 5.75 Å². The Morgan fingerprint density at radius 3 is 2.41 bits per heavy atom. The summed E-state index contributed by atoms with van der Waals surface area (Å²) in [7, 11) is 1.81. The Kier molecular flexibility index (Phi) is 5.39. The molecule has 1 heterocycles. The molecule has 0 aliphatic carbocycles. The Bertz CT molecular complexity index is 1090. The van der Waals surface area contributed by atoms with Crippen molar-refractivity contribution in [1.82, 2.24) is 15.3 Å². The third kappa shape index (κ3) is 4.12. The van der Waals surface area contributed by atoms with Crippen LogP contribution >= 0.6 is 0 Å². The number of nitrogen functional groups attached to an aromatic ring is 1. The van der Waals surface area contributed by atoms with Crippen LogP contribution in [0.3, 0.4) is 0 Å². The van der Waals surface area contributed by atoms with Crippen molar-refractivity contribution in [2.45, 2.75) is 12.7 Å². The van der Waals surface area contributed by atoms with E-state index in [1.54, 1.807) is 19.2 Å². The molecule has 4 N–H and O–H groups in total. The van der Waals surface area contributed by atoms with Crippen LogP contribution in [-0.4, -0.2) is 22.1 Å². The maximum absolute atomic E-state index is 13.1. The summed E-state index contributed by atoms with van der Waals surface area (Å²) in [5.74, 6) is -0.833. The van der Waals surface area contributed by atoms with Gasteiger partial charge in [-0.05, 0) is 30.8 Å². The van der Waals surface area contributed by atoms with Crippen molar-refractivity contribution in [2.24, 2.45) is 0 Å². The minimum absolute atomic E-state index is 0.00147. The van der Waals surface area contributed by atoms with Crippen LogP contribution < -0.4 is 11.1 Å². The van der Waals surface area contributed by atoms with Gasteiger partial charge in [0.25, 0.3) is 0 Å². The van der Waals surface area contributed by atoms with E-state index in [0.717, 1.165) is 23.8 Å². The van der Waals surface area contributed by atoms with Gasteiger partial charge in [-0.2, -0.15) is 18.4 Å². The Balaban J connectivity index is 2.18. The van der Waals surface area contributed by atoms with E-state index >= 15 is 0 Å². The number of aromatic hydroxyl groups is 1. The number of alkyl halides is 3. The molecule has 148 valence electrons. The number of hydrogen-bond donors (Lipinski definition) is 3. The molecule has 0 aliphatic heterocycles. The number of hydrogen-bond acceptors (Lipinski definition) is 6. The number of nitrogens with one attached hydrogen (secondary N) is 1. The number of benzene rings is 2. The van der Waals surface area contributed by atoms with E-state index in [0.29, 0.717) is 12.1 Å². The average Bonchev–Trinajstić information content (AvgIpc) is 2.67. The molecule has 0 fully saturated rings. The molecule has 0 saturated heterocycles. The van der Waals surface area contributed by atoms with Crippen LogP contribution in [0.25, 0.3) is 22.6 Å². The highest BCUT2D eigenvalue weighted by molar-refractivity contribution is 5.76. The Hall–Kier alpha value is -3.64. The van der Waals surface area contributed by atoms with Crippen LogP contribution in [0.15, 0.2) is 42.5 Å². The summed E-state index contributed by atoms with van der Waals surface area (Å²) >= 11 is 0. The third-order valence-corrected chi connectivity index (χ3v) is 4.22. The lowest BCUT2D eigenvalue weighted by Gasteiger charge is -2.12. The van der Waals surface area contributed by atoms with Crippen molar-refractivity contribution in [3.05, 3.63) is 59.2 Å². The van der Waals surface area contributed by atoms with E-state index in [9.17, 15) is 23.5 Å². The topological polar surface area (TPSA) is 108 Å². The van der Waals surface area contributed by atoms with Gasteiger partial charge in [0.2, 0.25) is 0 Å². The zero-order valence-electron chi connectivity index (χ0n) is 15.2. The summed E-state index contributed by atoms with van der Waals surface area (Å²) in [5, 5.41) is 22.5. The molecule has 0 atom stereocenters. The van der Waals surface area contributed by atoms with Crippen molar-refractivity contribution in [3.63, 3.8) is 0 Å². The van der Waals surface area contributed by atoms with Gasteiger partial charge in [-0.1, -0.05) is 24.3 Å². The van der Waals surface area contributed by atoms with Crippen molar-refractivity contribution >= 4 is 5.82 Å². The highest BCUT2D eigenvalue weighted by atomic mass is 19.4. The highest BCUT2D eigenvalue weighted by Crippen LogP contribution is 2.37. The van der Waals surface area contributed by atoms with Crippen LogP contribution in [0, 0.1) is 11.3 Å². The van der Waals surface area contributed by atoms with Gasteiger partial charge in [0.15, 0.2) is 5.82 Å². The predicted octanol–water partition coefficient (Wildman–Crippen LogP) is 3.71. The van der Waals surface area contributed by atoms with Crippen molar-refractivity contribution in [2.75, 3.05) is 12.8 Å². The molecule has 3 aromatic rings. The fourth-order valence-electron chi connectivity index (χ4n) is 2.79. The summed E-state index contributed by atoms with van der Waals surface area (Å²) in [6.45, 7) is 0.640. The predicted molar refractivity (Wildman–Crippen MR) is 101 cm³/mol. The number of phenols is 1. The fourth-order valence-corrected chi connectivity index (χ4v) is 2.79. The van der Waals surface area contributed by atoms with E-state index in [1.165, 1.54) is 0 Å². The lowest BCUT2D eigenvalue weighted by Crippen LogP contribution is -2.07. The van der Waals surface area contributed by atoms with Gasteiger partial charge in [0.05, 0.1) is 16.8 Å². The molecule has 0 bridgehead atoms. The van der Waals surface area contributed by atoms with Crippen molar-refractivity contribution in [3.8, 4) is 34.5 Å². The SMILES string of the molecule is CNCc1ccc(-c2nc(-c3cc(C(F)(F)F)ccc3O)nc(N)c2C#N)cc1. The average molecular weight is 399 g/mol. The molecule has 0 aliphatic rings. The van der Waals surface area contributed by atoms with E-state index in [4.69, 9.17) is 5.73 Å². The Morgan fingerprint density at radius 2 is 1.83 bits per heavy atom. The molecule has 0 saturated carbocycles. The largest absolute Gasteiger partial charge is 0.507 e. The van der Waals surface area contributed by atoms with E-state index in [1.807, 2.05) is 18.2 Å². The molecule has 0 spiro atoms. The molecule has 1 aromatic heterocycles. The molecule has 0 unspecified atom stereocenters. The number of anilines is 1. The fraction of sp³-hybridized carbons (Fsp3) is 0.150. The van der Waals surface area contributed by atoms with Gasteiger partial charge >= 0.3 is 6.18 Å². The van der Waals surface area contributed by atoms with Gasteiger partial charge < -0.3 is 16.2 Å². The number of phenolic OH excluding ortho intramolecular Hbond substituents is 1. The number of aromatic nitrogens is 2. The lowest BCUT2D eigenvalue weighted by atomic mass is 10.0.